The molecule has 0 aromatic rings. The van der Waals surface area contributed by atoms with E-state index < -0.39 is 10.9 Å². The second-order valence-corrected chi connectivity index (χ2v) is 3.74. The highest BCUT2D eigenvalue weighted by Gasteiger charge is 2.34. The molecule has 1 nitrogen and oxygen atoms in total. The summed E-state index contributed by atoms with van der Waals surface area (Å²) >= 11 is 2.09. The zero-order valence-electron chi connectivity index (χ0n) is 5.94. The third-order valence-corrected chi connectivity index (χ3v) is 1.60. The average molecular weight is 217 g/mol. The van der Waals surface area contributed by atoms with Crippen molar-refractivity contribution in [3.63, 3.8) is 0 Å². The Hall–Kier alpha value is 0.300. The van der Waals surface area contributed by atoms with E-state index in [9.17, 15) is 8.78 Å². The molecule has 0 aliphatic carbocycles. The van der Waals surface area contributed by atoms with E-state index in [4.69, 9.17) is 5.11 Å². The summed E-state index contributed by atoms with van der Waals surface area (Å²) in [6.07, 6.45) is -1.47. The van der Waals surface area contributed by atoms with Gasteiger partial charge in [-0.15, -0.1) is 0 Å². The van der Waals surface area contributed by atoms with Gasteiger partial charge in [-0.25, -0.2) is 0 Å². The number of aliphatic hydroxyl groups is 1. The summed E-state index contributed by atoms with van der Waals surface area (Å²) in [4.78, 5) is -3.14. The van der Waals surface area contributed by atoms with Gasteiger partial charge in [0.1, 0.15) is 6.10 Å². The zero-order valence-corrected chi connectivity index (χ0v) is 7.53. The van der Waals surface area contributed by atoms with Gasteiger partial charge in [-0.1, -0.05) is 13.8 Å². The number of hydrogen-bond donors (Lipinski definition) is 1. The van der Waals surface area contributed by atoms with Crippen LogP contribution < -0.4 is 0 Å². The second kappa shape index (κ2) is 3.62. The first-order valence-electron chi connectivity index (χ1n) is 3.09. The molecule has 0 amide bonds. The standard InChI is InChI=1S/C6H11BrF2O/c1-4(2)3-5(10)6(7,8)9/h4-5,10H,3H2,1-2H3. The molecular weight excluding hydrogens is 206 g/mol. The van der Waals surface area contributed by atoms with Crippen LogP contribution in [0.4, 0.5) is 8.78 Å². The maximum Gasteiger partial charge on any atom is 0.326 e. The van der Waals surface area contributed by atoms with Crippen LogP contribution in [-0.2, 0) is 0 Å². The molecule has 0 bridgehead atoms. The molecule has 4 heteroatoms. The van der Waals surface area contributed by atoms with Gasteiger partial charge in [-0.3, -0.25) is 0 Å². The van der Waals surface area contributed by atoms with Crippen LogP contribution in [0.1, 0.15) is 20.3 Å². The van der Waals surface area contributed by atoms with Crippen molar-refractivity contribution in [2.75, 3.05) is 0 Å². The van der Waals surface area contributed by atoms with Gasteiger partial charge in [0, 0.05) is 0 Å². The lowest BCUT2D eigenvalue weighted by Crippen LogP contribution is -2.28. The minimum Gasteiger partial charge on any atom is -0.386 e. The highest BCUT2D eigenvalue weighted by atomic mass is 79.9. The minimum absolute atomic E-state index is 0.0819. The van der Waals surface area contributed by atoms with E-state index in [1.807, 2.05) is 0 Å². The molecule has 0 saturated heterocycles. The van der Waals surface area contributed by atoms with Crippen LogP contribution in [0.3, 0.4) is 0 Å². The molecule has 62 valence electrons. The van der Waals surface area contributed by atoms with E-state index in [1.54, 1.807) is 13.8 Å². The first-order valence-corrected chi connectivity index (χ1v) is 3.88. The highest BCUT2D eigenvalue weighted by Crippen LogP contribution is 2.29. The zero-order chi connectivity index (χ0) is 8.36. The molecule has 0 radical (unpaired) electrons. The maximum absolute atomic E-state index is 12.1. The van der Waals surface area contributed by atoms with Gasteiger partial charge in [0.25, 0.3) is 0 Å². The van der Waals surface area contributed by atoms with E-state index in [1.165, 1.54) is 0 Å². The van der Waals surface area contributed by atoms with Gasteiger partial charge in [-0.2, -0.15) is 8.78 Å². The first kappa shape index (κ1) is 10.3. The Bertz CT molecular complexity index is 100. The number of aliphatic hydroxyl groups excluding tert-OH is 1. The Balaban J connectivity index is 3.73. The van der Waals surface area contributed by atoms with Crippen molar-refractivity contribution in [1.29, 1.82) is 0 Å². The van der Waals surface area contributed by atoms with Crippen molar-refractivity contribution < 1.29 is 13.9 Å². The van der Waals surface area contributed by atoms with Crippen LogP contribution in [0.25, 0.3) is 0 Å². The summed E-state index contributed by atoms with van der Waals surface area (Å²) in [5.74, 6) is 0.0819. The molecule has 0 spiro atoms. The predicted octanol–water partition coefficient (Wildman–Crippen LogP) is 2.38. The average Bonchev–Trinajstić information content (AvgIpc) is 1.60. The van der Waals surface area contributed by atoms with Crippen LogP contribution in [0.2, 0.25) is 0 Å². The molecule has 0 aliphatic rings. The molecule has 0 heterocycles. The smallest absolute Gasteiger partial charge is 0.326 e. The number of hydrogen-bond acceptors (Lipinski definition) is 1. The summed E-state index contributed by atoms with van der Waals surface area (Å²) in [7, 11) is 0. The highest BCUT2D eigenvalue weighted by molar-refractivity contribution is 9.10. The third kappa shape index (κ3) is 4.17. The van der Waals surface area contributed by atoms with Crippen molar-refractivity contribution in [3.05, 3.63) is 0 Å². The van der Waals surface area contributed by atoms with Gasteiger partial charge >= 0.3 is 4.83 Å². The Kier molecular flexibility index (Phi) is 3.73. The van der Waals surface area contributed by atoms with Crippen LogP contribution in [0.5, 0.6) is 0 Å². The minimum atomic E-state index is -3.14. The van der Waals surface area contributed by atoms with Gasteiger partial charge in [0.15, 0.2) is 0 Å². The SMILES string of the molecule is CC(C)CC(O)C(F)(F)Br. The van der Waals surface area contributed by atoms with Crippen LogP contribution >= 0.6 is 15.9 Å². The lowest BCUT2D eigenvalue weighted by atomic mass is 10.1. The summed E-state index contributed by atoms with van der Waals surface area (Å²) in [5.41, 5.74) is 0. The molecule has 0 aromatic carbocycles. The van der Waals surface area contributed by atoms with Gasteiger partial charge in [0.2, 0.25) is 0 Å². The van der Waals surface area contributed by atoms with E-state index in [0.717, 1.165) is 0 Å². The molecule has 10 heavy (non-hydrogen) atoms. The summed E-state index contributed by atoms with van der Waals surface area (Å²) < 4.78 is 24.3. The lowest BCUT2D eigenvalue weighted by molar-refractivity contribution is -0.0374. The molecule has 0 saturated carbocycles. The molecule has 0 fully saturated rings. The number of alkyl halides is 3. The van der Waals surface area contributed by atoms with E-state index in [-0.39, 0.29) is 12.3 Å². The molecule has 0 rings (SSSR count). The Labute approximate surface area is 67.6 Å². The Morgan fingerprint density at radius 3 is 2.00 bits per heavy atom. The van der Waals surface area contributed by atoms with Crippen molar-refractivity contribution >= 4 is 15.9 Å². The van der Waals surface area contributed by atoms with Crippen molar-refractivity contribution in [3.8, 4) is 0 Å². The quantitative estimate of drug-likeness (QED) is 0.719. The molecule has 0 aromatic heterocycles. The molecule has 1 unspecified atom stereocenters. The molecule has 1 atom stereocenters. The largest absolute Gasteiger partial charge is 0.386 e. The normalized spacial score (nSPS) is 15.9. The lowest BCUT2D eigenvalue weighted by Gasteiger charge is -2.17. The number of rotatable bonds is 3. The molecule has 1 N–H and O–H groups in total. The Morgan fingerprint density at radius 2 is 1.90 bits per heavy atom. The first-order chi connectivity index (χ1) is 4.34. The predicted molar refractivity (Wildman–Crippen MR) is 39.3 cm³/mol. The number of halogens is 3. The second-order valence-electron chi connectivity index (χ2n) is 2.69. The van der Waals surface area contributed by atoms with Crippen molar-refractivity contribution in [2.45, 2.75) is 31.2 Å². The van der Waals surface area contributed by atoms with E-state index >= 15 is 0 Å². The summed E-state index contributed by atoms with van der Waals surface area (Å²) in [6.45, 7) is 3.56. The fourth-order valence-electron chi connectivity index (χ4n) is 0.580. The van der Waals surface area contributed by atoms with Gasteiger partial charge in [0.05, 0.1) is 0 Å². The monoisotopic (exact) mass is 216 g/mol. The summed E-state index contributed by atoms with van der Waals surface area (Å²) in [6, 6.07) is 0. The van der Waals surface area contributed by atoms with E-state index in [2.05, 4.69) is 15.9 Å². The van der Waals surface area contributed by atoms with Crippen LogP contribution in [0.15, 0.2) is 0 Å². The van der Waals surface area contributed by atoms with Crippen LogP contribution in [0, 0.1) is 5.92 Å². The van der Waals surface area contributed by atoms with Gasteiger partial charge < -0.3 is 5.11 Å². The maximum atomic E-state index is 12.1. The van der Waals surface area contributed by atoms with E-state index in [0.29, 0.717) is 0 Å². The van der Waals surface area contributed by atoms with Crippen molar-refractivity contribution in [2.24, 2.45) is 5.92 Å². The Morgan fingerprint density at radius 1 is 1.50 bits per heavy atom. The van der Waals surface area contributed by atoms with Crippen molar-refractivity contribution in [1.82, 2.24) is 0 Å². The van der Waals surface area contributed by atoms with Crippen LogP contribution in [-0.4, -0.2) is 16.0 Å². The molecular formula is C6H11BrF2O. The topological polar surface area (TPSA) is 20.2 Å². The fourth-order valence-corrected chi connectivity index (χ4v) is 0.767. The van der Waals surface area contributed by atoms with Gasteiger partial charge in [-0.05, 0) is 28.3 Å². The molecule has 0 aliphatic heterocycles. The fraction of sp³-hybridized carbons (Fsp3) is 1.00. The third-order valence-electron chi connectivity index (χ3n) is 1.07. The summed E-state index contributed by atoms with van der Waals surface area (Å²) in [5, 5.41) is 8.76.